The minimum Gasteiger partial charge on any atom is -0.456 e. The first-order valence-corrected chi connectivity index (χ1v) is 6.77. The zero-order valence-corrected chi connectivity index (χ0v) is 12.0. The number of benzene rings is 1. The molecule has 2 aromatic rings. The van der Waals surface area contributed by atoms with E-state index in [4.69, 9.17) is 4.42 Å². The molecule has 1 amide bonds. The standard InChI is InChI=1S/C16H18FNO3/c1-3-13-8-9-14(21-13)15(19)18-10-16(2,20)11-4-6-12(17)7-5-11/h4-9,20H,3,10H2,1-2H3,(H,18,19). The van der Waals surface area contributed by atoms with Gasteiger partial charge in [-0.2, -0.15) is 0 Å². The van der Waals surface area contributed by atoms with Crippen LogP contribution in [0.25, 0.3) is 0 Å². The van der Waals surface area contributed by atoms with Crippen molar-refractivity contribution >= 4 is 5.91 Å². The van der Waals surface area contributed by atoms with Gasteiger partial charge >= 0.3 is 0 Å². The summed E-state index contributed by atoms with van der Waals surface area (Å²) in [5, 5.41) is 13.0. The van der Waals surface area contributed by atoms with Crippen molar-refractivity contribution < 1.29 is 18.7 Å². The van der Waals surface area contributed by atoms with E-state index in [9.17, 15) is 14.3 Å². The fourth-order valence-corrected chi connectivity index (χ4v) is 1.94. The Morgan fingerprint density at radius 3 is 2.52 bits per heavy atom. The molecule has 0 spiro atoms. The molecule has 21 heavy (non-hydrogen) atoms. The summed E-state index contributed by atoms with van der Waals surface area (Å²) in [7, 11) is 0. The van der Waals surface area contributed by atoms with Crippen LogP contribution in [0.15, 0.2) is 40.8 Å². The van der Waals surface area contributed by atoms with Gasteiger partial charge in [-0.1, -0.05) is 19.1 Å². The number of hydrogen-bond acceptors (Lipinski definition) is 3. The highest BCUT2D eigenvalue weighted by Crippen LogP contribution is 2.20. The van der Waals surface area contributed by atoms with Crippen LogP contribution >= 0.6 is 0 Å². The van der Waals surface area contributed by atoms with E-state index in [1.807, 2.05) is 6.92 Å². The van der Waals surface area contributed by atoms with Crippen LogP contribution in [-0.2, 0) is 12.0 Å². The Bertz CT molecular complexity index is 617. The molecule has 112 valence electrons. The van der Waals surface area contributed by atoms with Crippen molar-refractivity contribution in [2.24, 2.45) is 0 Å². The highest BCUT2D eigenvalue weighted by Gasteiger charge is 2.24. The lowest BCUT2D eigenvalue weighted by atomic mass is 9.96. The van der Waals surface area contributed by atoms with E-state index >= 15 is 0 Å². The maximum Gasteiger partial charge on any atom is 0.287 e. The summed E-state index contributed by atoms with van der Waals surface area (Å²) in [5.74, 6) is 0.172. The van der Waals surface area contributed by atoms with Gasteiger partial charge in [-0.05, 0) is 36.8 Å². The molecule has 1 atom stereocenters. The molecule has 4 nitrogen and oxygen atoms in total. The zero-order chi connectivity index (χ0) is 15.5. The van der Waals surface area contributed by atoms with Gasteiger partial charge < -0.3 is 14.8 Å². The maximum atomic E-state index is 12.9. The van der Waals surface area contributed by atoms with Crippen LogP contribution in [0, 0.1) is 5.82 Å². The molecule has 0 fully saturated rings. The Labute approximate surface area is 122 Å². The van der Waals surface area contributed by atoms with Gasteiger partial charge in [-0.15, -0.1) is 0 Å². The average Bonchev–Trinajstić information content (AvgIpc) is 2.94. The van der Waals surface area contributed by atoms with E-state index in [-0.39, 0.29) is 18.1 Å². The van der Waals surface area contributed by atoms with Crippen molar-refractivity contribution in [1.29, 1.82) is 0 Å². The topological polar surface area (TPSA) is 62.5 Å². The number of halogens is 1. The van der Waals surface area contributed by atoms with Crippen molar-refractivity contribution in [3.8, 4) is 0 Å². The number of nitrogens with one attached hydrogen (secondary N) is 1. The van der Waals surface area contributed by atoms with Gasteiger partial charge in [0.1, 0.15) is 17.2 Å². The second kappa shape index (κ2) is 6.10. The van der Waals surface area contributed by atoms with Crippen molar-refractivity contribution in [2.45, 2.75) is 25.9 Å². The molecule has 0 saturated heterocycles. The number of carbonyl (C=O) groups excluding carboxylic acids is 1. The number of aryl methyl sites for hydroxylation is 1. The summed E-state index contributed by atoms with van der Waals surface area (Å²) >= 11 is 0. The third-order valence-corrected chi connectivity index (χ3v) is 3.29. The lowest BCUT2D eigenvalue weighted by Gasteiger charge is -2.24. The molecule has 1 unspecified atom stereocenters. The number of aliphatic hydroxyl groups is 1. The summed E-state index contributed by atoms with van der Waals surface area (Å²) in [4.78, 5) is 11.9. The molecule has 1 aromatic heterocycles. The SMILES string of the molecule is CCc1ccc(C(=O)NCC(C)(O)c2ccc(F)cc2)o1. The molecular weight excluding hydrogens is 273 g/mol. The van der Waals surface area contributed by atoms with E-state index in [1.54, 1.807) is 19.1 Å². The molecule has 1 aromatic carbocycles. The fourth-order valence-electron chi connectivity index (χ4n) is 1.94. The smallest absolute Gasteiger partial charge is 0.287 e. The highest BCUT2D eigenvalue weighted by molar-refractivity contribution is 5.91. The fraction of sp³-hybridized carbons (Fsp3) is 0.312. The Hall–Kier alpha value is -2.14. The summed E-state index contributed by atoms with van der Waals surface area (Å²) in [6, 6.07) is 8.86. The van der Waals surface area contributed by atoms with Crippen molar-refractivity contribution in [3.05, 3.63) is 59.3 Å². The second-order valence-corrected chi connectivity index (χ2v) is 5.08. The Kier molecular flexibility index (Phi) is 4.43. The van der Waals surface area contributed by atoms with E-state index in [0.717, 1.165) is 5.76 Å². The van der Waals surface area contributed by atoms with Gasteiger partial charge in [0.15, 0.2) is 5.76 Å². The number of amides is 1. The van der Waals surface area contributed by atoms with Crippen LogP contribution in [0.3, 0.4) is 0 Å². The Morgan fingerprint density at radius 1 is 1.29 bits per heavy atom. The first-order chi connectivity index (χ1) is 9.92. The predicted octanol–water partition coefficient (Wildman–Crippen LogP) is 2.62. The minimum absolute atomic E-state index is 0.000373. The quantitative estimate of drug-likeness (QED) is 0.890. The first kappa shape index (κ1) is 15.3. The third kappa shape index (κ3) is 3.70. The Morgan fingerprint density at radius 2 is 1.95 bits per heavy atom. The van der Waals surface area contributed by atoms with Gasteiger partial charge in [0, 0.05) is 6.42 Å². The lowest BCUT2D eigenvalue weighted by molar-refractivity contribution is 0.0518. The van der Waals surface area contributed by atoms with Crippen LogP contribution in [0.2, 0.25) is 0 Å². The molecule has 0 bridgehead atoms. The van der Waals surface area contributed by atoms with Crippen LogP contribution in [0.1, 0.15) is 35.7 Å². The minimum atomic E-state index is -1.29. The van der Waals surface area contributed by atoms with Crippen LogP contribution in [0.4, 0.5) is 4.39 Å². The van der Waals surface area contributed by atoms with E-state index in [1.165, 1.54) is 24.3 Å². The molecule has 5 heteroatoms. The number of rotatable bonds is 5. The van der Waals surface area contributed by atoms with Gasteiger partial charge in [-0.25, -0.2) is 4.39 Å². The normalized spacial score (nSPS) is 13.7. The second-order valence-electron chi connectivity index (χ2n) is 5.08. The van der Waals surface area contributed by atoms with Gasteiger partial charge in [0.25, 0.3) is 5.91 Å². The van der Waals surface area contributed by atoms with Crippen molar-refractivity contribution in [2.75, 3.05) is 6.54 Å². The molecular formula is C16H18FNO3. The molecule has 1 heterocycles. The largest absolute Gasteiger partial charge is 0.456 e. The van der Waals surface area contributed by atoms with E-state index in [0.29, 0.717) is 12.0 Å². The van der Waals surface area contributed by atoms with Gasteiger partial charge in [-0.3, -0.25) is 4.79 Å². The van der Waals surface area contributed by atoms with Gasteiger partial charge in [0.2, 0.25) is 0 Å². The Balaban J connectivity index is 2.00. The van der Waals surface area contributed by atoms with E-state index < -0.39 is 11.5 Å². The summed E-state index contributed by atoms with van der Waals surface area (Å²) < 4.78 is 18.2. The molecule has 0 aliphatic rings. The molecule has 0 aliphatic carbocycles. The predicted molar refractivity (Wildman–Crippen MR) is 76.4 cm³/mol. The first-order valence-electron chi connectivity index (χ1n) is 6.77. The average molecular weight is 291 g/mol. The zero-order valence-electron chi connectivity index (χ0n) is 12.0. The highest BCUT2D eigenvalue weighted by atomic mass is 19.1. The van der Waals surface area contributed by atoms with Crippen LogP contribution in [0.5, 0.6) is 0 Å². The molecule has 2 N–H and O–H groups in total. The number of carbonyl (C=O) groups is 1. The van der Waals surface area contributed by atoms with Crippen molar-refractivity contribution in [1.82, 2.24) is 5.32 Å². The number of hydrogen-bond donors (Lipinski definition) is 2. The van der Waals surface area contributed by atoms with Crippen molar-refractivity contribution in [3.63, 3.8) is 0 Å². The van der Waals surface area contributed by atoms with Crippen LogP contribution in [-0.4, -0.2) is 17.6 Å². The molecule has 0 aliphatic heterocycles. The maximum absolute atomic E-state index is 12.9. The third-order valence-electron chi connectivity index (χ3n) is 3.29. The molecule has 0 radical (unpaired) electrons. The summed E-state index contributed by atoms with van der Waals surface area (Å²) in [5.41, 5.74) is -0.762. The lowest BCUT2D eigenvalue weighted by Crippen LogP contribution is -2.38. The monoisotopic (exact) mass is 291 g/mol. The molecule has 0 saturated carbocycles. The summed E-state index contributed by atoms with van der Waals surface area (Å²) in [6.45, 7) is 3.49. The van der Waals surface area contributed by atoms with Gasteiger partial charge in [0.05, 0.1) is 6.54 Å². The molecule has 2 rings (SSSR count). The van der Waals surface area contributed by atoms with E-state index in [2.05, 4.69) is 5.32 Å². The summed E-state index contributed by atoms with van der Waals surface area (Å²) in [6.07, 6.45) is 0.709. The van der Waals surface area contributed by atoms with Crippen LogP contribution < -0.4 is 5.32 Å². The number of furan rings is 1.